The maximum absolute atomic E-state index is 12.3. The van der Waals surface area contributed by atoms with Gasteiger partial charge in [0.15, 0.2) is 0 Å². The minimum absolute atomic E-state index is 0.0761. The number of nitrogens with one attached hydrogen (secondary N) is 1. The summed E-state index contributed by atoms with van der Waals surface area (Å²) in [6.07, 6.45) is 5.28. The topological polar surface area (TPSA) is 65.5 Å². The molecule has 0 spiro atoms. The Labute approximate surface area is 149 Å². The molecule has 2 amide bonds. The largest absolute Gasteiger partial charge is 0.356 e. The molecular weight excluding hydrogens is 316 g/mol. The molecule has 6 heteroatoms. The van der Waals surface area contributed by atoms with Crippen LogP contribution in [0, 0.1) is 11.8 Å². The van der Waals surface area contributed by atoms with Gasteiger partial charge >= 0.3 is 0 Å². The lowest BCUT2D eigenvalue weighted by Crippen LogP contribution is -2.49. The van der Waals surface area contributed by atoms with Crippen LogP contribution in [0.25, 0.3) is 0 Å². The van der Waals surface area contributed by atoms with Crippen LogP contribution in [0.5, 0.6) is 0 Å². The van der Waals surface area contributed by atoms with Gasteiger partial charge < -0.3 is 15.1 Å². The van der Waals surface area contributed by atoms with Crippen LogP contribution < -0.4 is 10.2 Å². The highest BCUT2D eigenvalue weighted by Gasteiger charge is 2.29. The van der Waals surface area contributed by atoms with Gasteiger partial charge in [0.1, 0.15) is 5.82 Å². The fraction of sp³-hybridized carbons (Fsp3) is 0.632. The van der Waals surface area contributed by atoms with Crippen LogP contribution in [0.2, 0.25) is 0 Å². The van der Waals surface area contributed by atoms with Crippen molar-refractivity contribution in [3.8, 4) is 0 Å². The highest BCUT2D eigenvalue weighted by Crippen LogP contribution is 2.37. The molecule has 1 saturated carbocycles. The van der Waals surface area contributed by atoms with Gasteiger partial charge in [0.05, 0.1) is 0 Å². The van der Waals surface area contributed by atoms with E-state index in [0.717, 1.165) is 24.8 Å². The van der Waals surface area contributed by atoms with E-state index >= 15 is 0 Å². The number of nitrogens with zero attached hydrogens (tertiary/aromatic N) is 3. The van der Waals surface area contributed by atoms with E-state index in [1.165, 1.54) is 12.8 Å². The first-order chi connectivity index (χ1) is 12.1. The molecule has 2 heterocycles. The van der Waals surface area contributed by atoms with Gasteiger partial charge in [0.2, 0.25) is 11.8 Å². The van der Waals surface area contributed by atoms with Crippen molar-refractivity contribution in [1.82, 2.24) is 15.2 Å². The average Bonchev–Trinajstić information content (AvgIpc) is 3.48. The number of hydrogen-bond acceptors (Lipinski definition) is 4. The number of carbonyl (C=O) groups is 2. The van der Waals surface area contributed by atoms with Crippen molar-refractivity contribution in [2.24, 2.45) is 11.8 Å². The smallest absolute Gasteiger partial charge is 0.224 e. The predicted molar refractivity (Wildman–Crippen MR) is 97.2 cm³/mol. The van der Waals surface area contributed by atoms with Crippen molar-refractivity contribution in [3.05, 3.63) is 24.4 Å². The molecule has 136 valence electrons. The van der Waals surface area contributed by atoms with E-state index in [1.54, 1.807) is 6.20 Å². The number of amides is 2. The molecule has 2 aliphatic rings. The minimum atomic E-state index is 0.0761. The number of pyridine rings is 1. The first-order valence-corrected chi connectivity index (χ1v) is 9.34. The molecule has 0 radical (unpaired) electrons. The van der Waals surface area contributed by atoms with E-state index in [4.69, 9.17) is 0 Å². The van der Waals surface area contributed by atoms with E-state index in [0.29, 0.717) is 38.4 Å². The summed E-state index contributed by atoms with van der Waals surface area (Å²) >= 11 is 0. The van der Waals surface area contributed by atoms with Gasteiger partial charge in [0, 0.05) is 51.8 Å². The molecule has 1 aliphatic heterocycles. The molecule has 1 aliphatic carbocycles. The molecule has 3 rings (SSSR count). The number of aromatic nitrogens is 1. The zero-order chi connectivity index (χ0) is 17.6. The highest BCUT2D eigenvalue weighted by atomic mass is 16.2. The first-order valence-electron chi connectivity index (χ1n) is 9.34. The lowest BCUT2D eigenvalue weighted by atomic mass is 10.0. The standard InChI is InChI=1S/C19H28N4O2/c1-15(16-5-6-16)14-18(24)21-9-7-19(25)23-12-10-22(11-13-23)17-4-2-3-8-20-17/h2-4,8,15-16H,5-7,9-14H2,1H3,(H,21,24)/t15-/m0/s1. The van der Waals surface area contributed by atoms with Crippen molar-refractivity contribution >= 4 is 17.6 Å². The summed E-state index contributed by atoms with van der Waals surface area (Å²) in [6.45, 7) is 5.60. The molecule has 1 aromatic rings. The zero-order valence-electron chi connectivity index (χ0n) is 15.0. The minimum Gasteiger partial charge on any atom is -0.356 e. The first kappa shape index (κ1) is 17.7. The Morgan fingerprint density at radius 3 is 2.64 bits per heavy atom. The summed E-state index contributed by atoms with van der Waals surface area (Å²) in [5.74, 6) is 2.37. The average molecular weight is 344 g/mol. The Bertz CT molecular complexity index is 580. The third kappa shape index (κ3) is 5.18. The van der Waals surface area contributed by atoms with Crippen LogP contribution in [0.15, 0.2) is 24.4 Å². The number of rotatable bonds is 7. The molecule has 25 heavy (non-hydrogen) atoms. The van der Waals surface area contributed by atoms with Crippen LogP contribution in [-0.4, -0.2) is 54.4 Å². The Kier molecular flexibility index (Phi) is 5.89. The summed E-state index contributed by atoms with van der Waals surface area (Å²) in [4.78, 5) is 32.6. The highest BCUT2D eigenvalue weighted by molar-refractivity contribution is 5.79. The maximum atomic E-state index is 12.3. The van der Waals surface area contributed by atoms with Crippen molar-refractivity contribution in [3.63, 3.8) is 0 Å². The number of anilines is 1. The Hall–Kier alpha value is -2.11. The van der Waals surface area contributed by atoms with Crippen LogP contribution in [0.1, 0.15) is 32.6 Å². The molecule has 0 unspecified atom stereocenters. The summed E-state index contributed by atoms with van der Waals surface area (Å²) in [6, 6.07) is 5.88. The second-order valence-electron chi connectivity index (χ2n) is 7.17. The Balaban J connectivity index is 1.33. The molecule has 1 aromatic heterocycles. The summed E-state index contributed by atoms with van der Waals surface area (Å²) in [5.41, 5.74) is 0. The van der Waals surface area contributed by atoms with E-state index in [9.17, 15) is 9.59 Å². The monoisotopic (exact) mass is 344 g/mol. The van der Waals surface area contributed by atoms with Crippen molar-refractivity contribution in [2.75, 3.05) is 37.6 Å². The quantitative estimate of drug-likeness (QED) is 0.817. The molecule has 0 aromatic carbocycles. The van der Waals surface area contributed by atoms with Gasteiger partial charge in [-0.3, -0.25) is 9.59 Å². The van der Waals surface area contributed by atoms with E-state index in [1.807, 2.05) is 23.1 Å². The van der Waals surface area contributed by atoms with Gasteiger partial charge in [-0.2, -0.15) is 0 Å². The van der Waals surface area contributed by atoms with Crippen LogP contribution in [0.4, 0.5) is 5.82 Å². The van der Waals surface area contributed by atoms with Gasteiger partial charge in [0.25, 0.3) is 0 Å². The third-order valence-electron chi connectivity index (χ3n) is 5.20. The van der Waals surface area contributed by atoms with E-state index in [-0.39, 0.29) is 11.8 Å². The number of hydrogen-bond donors (Lipinski definition) is 1. The van der Waals surface area contributed by atoms with Gasteiger partial charge in [-0.1, -0.05) is 13.0 Å². The zero-order valence-corrected chi connectivity index (χ0v) is 15.0. The molecule has 1 N–H and O–H groups in total. The van der Waals surface area contributed by atoms with E-state index in [2.05, 4.69) is 22.1 Å². The Morgan fingerprint density at radius 1 is 1.24 bits per heavy atom. The van der Waals surface area contributed by atoms with Crippen molar-refractivity contribution in [1.29, 1.82) is 0 Å². The summed E-state index contributed by atoms with van der Waals surface area (Å²) in [7, 11) is 0. The fourth-order valence-corrected chi connectivity index (χ4v) is 3.39. The van der Waals surface area contributed by atoms with Crippen LogP contribution in [-0.2, 0) is 9.59 Å². The van der Waals surface area contributed by atoms with Crippen molar-refractivity contribution < 1.29 is 9.59 Å². The van der Waals surface area contributed by atoms with Crippen molar-refractivity contribution in [2.45, 2.75) is 32.6 Å². The molecule has 0 bridgehead atoms. The Morgan fingerprint density at radius 2 is 2.00 bits per heavy atom. The second kappa shape index (κ2) is 8.32. The van der Waals surface area contributed by atoms with Crippen LogP contribution >= 0.6 is 0 Å². The fourth-order valence-electron chi connectivity index (χ4n) is 3.39. The number of carbonyl (C=O) groups excluding carboxylic acids is 2. The normalized spacial score (nSPS) is 18.8. The lowest BCUT2D eigenvalue weighted by molar-refractivity contribution is -0.131. The predicted octanol–water partition coefficient (Wildman–Crippen LogP) is 1.67. The van der Waals surface area contributed by atoms with Gasteiger partial charge in [-0.25, -0.2) is 4.98 Å². The van der Waals surface area contributed by atoms with Gasteiger partial charge in [-0.05, 0) is 36.8 Å². The molecule has 2 fully saturated rings. The van der Waals surface area contributed by atoms with Crippen LogP contribution in [0.3, 0.4) is 0 Å². The molecular formula is C19H28N4O2. The van der Waals surface area contributed by atoms with E-state index < -0.39 is 0 Å². The second-order valence-corrected chi connectivity index (χ2v) is 7.17. The molecule has 1 atom stereocenters. The summed E-state index contributed by atoms with van der Waals surface area (Å²) < 4.78 is 0. The third-order valence-corrected chi connectivity index (χ3v) is 5.20. The van der Waals surface area contributed by atoms with Gasteiger partial charge in [-0.15, -0.1) is 0 Å². The molecule has 6 nitrogen and oxygen atoms in total. The summed E-state index contributed by atoms with van der Waals surface area (Å²) in [5, 5.41) is 2.89. The molecule has 1 saturated heterocycles. The lowest BCUT2D eigenvalue weighted by Gasteiger charge is -2.35. The maximum Gasteiger partial charge on any atom is 0.224 e. The number of piperazine rings is 1. The SMILES string of the molecule is C[C@@H](CC(=O)NCCC(=O)N1CCN(c2ccccn2)CC1)C1CC1.